The van der Waals surface area contributed by atoms with Gasteiger partial charge < -0.3 is 27.8 Å². The topological polar surface area (TPSA) is 117 Å². The van der Waals surface area contributed by atoms with Gasteiger partial charge in [0.2, 0.25) is 23.6 Å². The molecule has 14 rings (SSSR count). The van der Waals surface area contributed by atoms with Gasteiger partial charge in [-0.2, -0.15) is 0 Å². The van der Waals surface area contributed by atoms with Gasteiger partial charge in [-0.1, -0.05) is 183 Å². The third-order valence-electron chi connectivity index (χ3n) is 13.2. The molecule has 0 bridgehead atoms. The average molecular weight is 1100 g/mol. The van der Waals surface area contributed by atoms with Crippen LogP contribution >= 0.6 is 11.6 Å². The van der Waals surface area contributed by atoms with Crippen molar-refractivity contribution in [1.29, 1.82) is 0 Å². The van der Waals surface area contributed by atoms with E-state index < -0.39 is 0 Å². The molecule has 0 aliphatic rings. The molecule has 4 heterocycles. The maximum absolute atomic E-state index is 9.72. The highest BCUT2D eigenvalue weighted by molar-refractivity contribution is 6.17. The van der Waals surface area contributed by atoms with E-state index in [0.29, 0.717) is 35.7 Å². The Balaban J connectivity index is 0.000000141. The van der Waals surface area contributed by atoms with E-state index in [1.165, 1.54) is 32.7 Å². The van der Waals surface area contributed by atoms with E-state index in [-0.39, 0.29) is 5.75 Å². The Hall–Kier alpha value is -10.3. The standard InChI is InChI=1S/C28H21N3O2.C26H17N3O2.C8H8.C7H8.C2H5Cl/c1-2-32-22-12-8-10-20(18-22)28-30-29-27(33-28)19-9-7-11-21(17-19)31-25-15-5-3-13-23(25)24-14-4-6-16-26(24)31;30-20-10-6-8-18(16-20)26-28-27-25(31-26)17-7-5-9-19(15-17)29-23-13-3-1-11-21(23)22-12-2-4-14-24(22)29;1-2-8-6-4-3-5-7-8;1-7-5-3-2-4-6-7;1-2-3/h3-18H,2H2,1H3;1-16,30H;2-7H,1H2;2-6H,1H3;2H2,1H3. The summed E-state index contributed by atoms with van der Waals surface area (Å²) < 4.78 is 22.1. The fourth-order valence-electron chi connectivity index (χ4n) is 9.52. The molecule has 10 aromatic carbocycles. The lowest BCUT2D eigenvalue weighted by Crippen LogP contribution is -1.94. The van der Waals surface area contributed by atoms with Gasteiger partial charge in [0.1, 0.15) is 11.5 Å². The average Bonchev–Trinajstić information content (AvgIpc) is 4.48. The summed E-state index contributed by atoms with van der Waals surface area (Å²) in [5.41, 5.74) is 12.4. The monoisotopic (exact) mass is 1090 g/mol. The number of hydrogen-bond donors (Lipinski definition) is 1. The van der Waals surface area contributed by atoms with Gasteiger partial charge in [-0.05, 0) is 116 Å². The molecule has 0 saturated heterocycles. The van der Waals surface area contributed by atoms with Crippen LogP contribution < -0.4 is 4.74 Å². The van der Waals surface area contributed by atoms with Gasteiger partial charge in [0, 0.05) is 61.1 Å². The lowest BCUT2D eigenvalue weighted by atomic mass is 10.2. The second kappa shape index (κ2) is 26.6. The highest BCUT2D eigenvalue weighted by Crippen LogP contribution is 2.36. The Bertz CT molecular complexity index is 4270. The molecule has 0 aliphatic carbocycles. The zero-order valence-corrected chi connectivity index (χ0v) is 46.4. The zero-order chi connectivity index (χ0) is 56.6. The van der Waals surface area contributed by atoms with Crippen molar-refractivity contribution in [3.05, 3.63) is 272 Å². The first-order valence-electron chi connectivity index (χ1n) is 27.0. The molecule has 0 spiro atoms. The summed E-state index contributed by atoms with van der Waals surface area (Å²) in [5.74, 6) is 3.41. The van der Waals surface area contributed by atoms with Crippen molar-refractivity contribution in [2.75, 3.05) is 12.5 Å². The van der Waals surface area contributed by atoms with E-state index in [4.69, 9.17) is 25.2 Å². The second-order valence-corrected chi connectivity index (χ2v) is 19.2. The number of benzene rings is 10. The second-order valence-electron chi connectivity index (χ2n) is 18.7. The van der Waals surface area contributed by atoms with Crippen LogP contribution in [0.4, 0.5) is 0 Å². The quantitative estimate of drug-likeness (QED) is 0.142. The molecule has 0 saturated carbocycles. The maximum atomic E-state index is 9.72. The summed E-state index contributed by atoms with van der Waals surface area (Å²) in [6, 6.07) is 84.8. The van der Waals surface area contributed by atoms with E-state index in [9.17, 15) is 5.11 Å². The van der Waals surface area contributed by atoms with Crippen molar-refractivity contribution in [1.82, 2.24) is 29.5 Å². The number of halogens is 1. The molecule has 0 unspecified atom stereocenters. The molecule has 14 aromatic rings. The van der Waals surface area contributed by atoms with Crippen LogP contribution in [0.1, 0.15) is 25.0 Å². The third-order valence-corrected chi connectivity index (χ3v) is 13.2. The number of ether oxygens (including phenoxy) is 1. The van der Waals surface area contributed by atoms with Crippen molar-refractivity contribution in [3.63, 3.8) is 0 Å². The molecule has 0 atom stereocenters. The fourth-order valence-corrected chi connectivity index (χ4v) is 9.52. The van der Waals surface area contributed by atoms with Gasteiger partial charge in [0.05, 0.1) is 28.7 Å². The van der Waals surface area contributed by atoms with Crippen LogP contribution in [0.5, 0.6) is 11.5 Å². The highest BCUT2D eigenvalue weighted by atomic mass is 35.5. The summed E-state index contributed by atoms with van der Waals surface area (Å²) in [6.45, 7) is 10.2. The molecule has 404 valence electrons. The molecule has 82 heavy (non-hydrogen) atoms. The highest BCUT2D eigenvalue weighted by Gasteiger charge is 2.17. The Morgan fingerprint density at radius 1 is 0.439 bits per heavy atom. The number of phenolic OH excluding ortho intramolecular Hbond substituents is 1. The van der Waals surface area contributed by atoms with Crippen molar-refractivity contribution < 1.29 is 18.7 Å². The van der Waals surface area contributed by atoms with Crippen LogP contribution in [0.3, 0.4) is 0 Å². The minimum atomic E-state index is 0.158. The summed E-state index contributed by atoms with van der Waals surface area (Å²) in [7, 11) is 0. The van der Waals surface area contributed by atoms with Crippen LogP contribution in [0.2, 0.25) is 0 Å². The number of aromatic hydroxyl groups is 1. The third kappa shape index (κ3) is 12.7. The molecule has 0 fully saturated rings. The zero-order valence-electron chi connectivity index (χ0n) is 45.7. The Kier molecular flexibility index (Phi) is 17.8. The molecule has 10 nitrogen and oxygen atoms in total. The lowest BCUT2D eigenvalue weighted by Gasteiger charge is -2.08. The van der Waals surface area contributed by atoms with Crippen LogP contribution in [0.25, 0.3) is 107 Å². The van der Waals surface area contributed by atoms with Gasteiger partial charge in [-0.25, -0.2) is 0 Å². The number of fused-ring (bicyclic) bond motifs is 6. The van der Waals surface area contributed by atoms with Crippen molar-refractivity contribution >= 4 is 61.3 Å². The largest absolute Gasteiger partial charge is 0.508 e. The van der Waals surface area contributed by atoms with E-state index in [0.717, 1.165) is 61.8 Å². The summed E-state index contributed by atoms with van der Waals surface area (Å²) in [4.78, 5) is 0. The van der Waals surface area contributed by atoms with Crippen LogP contribution in [-0.2, 0) is 0 Å². The minimum absolute atomic E-state index is 0.158. The first kappa shape index (κ1) is 55.0. The van der Waals surface area contributed by atoms with Gasteiger partial charge in [-0.3, -0.25) is 0 Å². The summed E-state index contributed by atoms with van der Waals surface area (Å²) >= 11 is 5.00. The Labute approximate surface area is 481 Å². The molecule has 1 N–H and O–H groups in total. The number of aryl methyl sites for hydroxylation is 1. The normalized spacial score (nSPS) is 10.6. The molecular weight excluding hydrogens is 1040 g/mol. The van der Waals surface area contributed by atoms with Crippen LogP contribution in [0, 0.1) is 6.92 Å². The molecular formula is C71H59ClN6O4. The molecule has 11 heteroatoms. The first-order valence-corrected chi connectivity index (χ1v) is 27.5. The predicted molar refractivity (Wildman–Crippen MR) is 336 cm³/mol. The van der Waals surface area contributed by atoms with Crippen molar-refractivity contribution in [3.8, 4) is 68.7 Å². The van der Waals surface area contributed by atoms with E-state index in [2.05, 4.69) is 176 Å². The number of phenols is 1. The van der Waals surface area contributed by atoms with E-state index in [1.807, 2.05) is 123 Å². The van der Waals surface area contributed by atoms with Crippen molar-refractivity contribution in [2.24, 2.45) is 0 Å². The van der Waals surface area contributed by atoms with Gasteiger partial charge >= 0.3 is 0 Å². The number of alkyl halides is 1. The number of hydrogen-bond acceptors (Lipinski definition) is 8. The molecule has 0 aliphatic heterocycles. The van der Waals surface area contributed by atoms with Crippen LogP contribution in [-0.4, -0.2) is 47.1 Å². The number of nitrogens with zero attached hydrogens (tertiary/aromatic N) is 6. The van der Waals surface area contributed by atoms with Gasteiger partial charge in [0.15, 0.2) is 0 Å². The summed E-state index contributed by atoms with van der Waals surface area (Å²) in [6.07, 6.45) is 1.83. The SMILES string of the molecule is C=Cc1ccccc1.CCCl.CCOc1cccc(-c2nnc(-c3cccc(-n4c5ccccc5c5ccccc54)c3)o2)c1.Cc1ccccc1.Oc1cccc(-c2nnc(-c3cccc(-n4c5ccccc5c5ccccc54)c3)o2)c1. The first-order chi connectivity index (χ1) is 40.3. The lowest BCUT2D eigenvalue weighted by molar-refractivity contribution is 0.340. The molecule has 0 radical (unpaired) electrons. The number of para-hydroxylation sites is 4. The van der Waals surface area contributed by atoms with E-state index in [1.54, 1.807) is 18.2 Å². The Morgan fingerprint density at radius 3 is 1.16 bits per heavy atom. The van der Waals surface area contributed by atoms with Crippen LogP contribution in [0.15, 0.2) is 270 Å². The number of rotatable bonds is 9. The van der Waals surface area contributed by atoms with Gasteiger partial charge in [0.25, 0.3) is 0 Å². The van der Waals surface area contributed by atoms with Crippen molar-refractivity contribution in [2.45, 2.75) is 20.8 Å². The van der Waals surface area contributed by atoms with Gasteiger partial charge in [-0.15, -0.1) is 32.0 Å². The summed E-state index contributed by atoms with van der Waals surface area (Å²) in [5, 5.41) is 31.6. The predicted octanol–water partition coefficient (Wildman–Crippen LogP) is 18.7. The fraction of sp³-hybridized carbons (Fsp3) is 0.0704. The van der Waals surface area contributed by atoms with E-state index >= 15 is 0 Å². The smallest absolute Gasteiger partial charge is 0.248 e. The minimum Gasteiger partial charge on any atom is -0.508 e. The molecule has 0 amide bonds. The maximum Gasteiger partial charge on any atom is 0.248 e. The Morgan fingerprint density at radius 2 is 0.793 bits per heavy atom. The molecule has 4 aromatic heterocycles. The number of aromatic nitrogens is 6.